The van der Waals surface area contributed by atoms with Crippen LogP contribution in [0, 0.1) is 11.2 Å². The van der Waals surface area contributed by atoms with Crippen molar-refractivity contribution in [1.82, 2.24) is 15.0 Å². The molecule has 1 fully saturated rings. The lowest BCUT2D eigenvalue weighted by molar-refractivity contribution is -0.140. The molecule has 0 aliphatic carbocycles. The maximum atomic E-state index is 13.3. The number of aromatic nitrogens is 2. The predicted octanol–water partition coefficient (Wildman–Crippen LogP) is 3.55. The standard InChI is InChI=1S/C19H24FN3O2/c1-19(2,3)18(24)23-9-5-7-14(12-23)17-21-16(22-25-17)11-13-6-4-8-15(20)10-13/h4,6,8,10,14H,5,7,9,11-12H2,1-3H3. The molecule has 25 heavy (non-hydrogen) atoms. The highest BCUT2D eigenvalue weighted by Gasteiger charge is 2.33. The zero-order valence-corrected chi connectivity index (χ0v) is 15.0. The summed E-state index contributed by atoms with van der Waals surface area (Å²) in [6.45, 7) is 7.18. The Morgan fingerprint density at radius 1 is 1.40 bits per heavy atom. The monoisotopic (exact) mass is 345 g/mol. The van der Waals surface area contributed by atoms with E-state index in [4.69, 9.17) is 4.52 Å². The Morgan fingerprint density at radius 3 is 2.92 bits per heavy atom. The van der Waals surface area contributed by atoms with Crippen LogP contribution in [-0.4, -0.2) is 34.0 Å². The summed E-state index contributed by atoms with van der Waals surface area (Å²) < 4.78 is 18.7. The Labute approximate surface area is 147 Å². The summed E-state index contributed by atoms with van der Waals surface area (Å²) >= 11 is 0. The number of hydrogen-bond donors (Lipinski definition) is 0. The van der Waals surface area contributed by atoms with E-state index in [9.17, 15) is 9.18 Å². The fourth-order valence-corrected chi connectivity index (χ4v) is 3.17. The van der Waals surface area contributed by atoms with Gasteiger partial charge in [0.25, 0.3) is 0 Å². The number of nitrogens with zero attached hydrogens (tertiary/aromatic N) is 3. The molecule has 134 valence electrons. The normalized spacial score (nSPS) is 18.4. The van der Waals surface area contributed by atoms with Gasteiger partial charge in [-0.3, -0.25) is 4.79 Å². The van der Waals surface area contributed by atoms with E-state index >= 15 is 0 Å². The van der Waals surface area contributed by atoms with Gasteiger partial charge in [-0.15, -0.1) is 0 Å². The highest BCUT2D eigenvalue weighted by atomic mass is 19.1. The average molecular weight is 345 g/mol. The first-order valence-electron chi connectivity index (χ1n) is 8.69. The minimum Gasteiger partial charge on any atom is -0.341 e. The maximum absolute atomic E-state index is 13.3. The van der Waals surface area contributed by atoms with E-state index in [2.05, 4.69) is 10.1 Å². The quantitative estimate of drug-likeness (QED) is 0.853. The number of likely N-dealkylation sites (tertiary alicyclic amines) is 1. The van der Waals surface area contributed by atoms with Gasteiger partial charge in [0, 0.05) is 24.9 Å². The molecule has 5 nitrogen and oxygen atoms in total. The lowest BCUT2D eigenvalue weighted by atomic mass is 9.91. The number of carbonyl (C=O) groups is 1. The van der Waals surface area contributed by atoms with Gasteiger partial charge in [-0.25, -0.2) is 4.39 Å². The summed E-state index contributed by atoms with van der Waals surface area (Å²) in [5.74, 6) is 1.05. The van der Waals surface area contributed by atoms with Crippen molar-refractivity contribution >= 4 is 5.91 Å². The van der Waals surface area contributed by atoms with Crippen LogP contribution in [0.2, 0.25) is 0 Å². The third-order valence-corrected chi connectivity index (χ3v) is 4.43. The third kappa shape index (κ3) is 4.24. The summed E-state index contributed by atoms with van der Waals surface area (Å²) in [4.78, 5) is 18.9. The van der Waals surface area contributed by atoms with Crippen LogP contribution < -0.4 is 0 Å². The Morgan fingerprint density at radius 2 is 2.20 bits per heavy atom. The lowest BCUT2D eigenvalue weighted by Crippen LogP contribution is -2.44. The Hall–Kier alpha value is -2.24. The molecule has 1 unspecified atom stereocenters. The number of hydrogen-bond acceptors (Lipinski definition) is 4. The number of carbonyl (C=O) groups excluding carboxylic acids is 1. The molecule has 0 N–H and O–H groups in total. The SMILES string of the molecule is CC(C)(C)C(=O)N1CCCC(c2nc(Cc3cccc(F)c3)no2)C1. The molecule has 1 atom stereocenters. The summed E-state index contributed by atoms with van der Waals surface area (Å²) in [6, 6.07) is 6.39. The molecule has 1 aliphatic rings. The molecule has 1 aliphatic heterocycles. The van der Waals surface area contributed by atoms with Gasteiger partial charge >= 0.3 is 0 Å². The van der Waals surface area contributed by atoms with Crippen molar-refractivity contribution in [2.24, 2.45) is 5.41 Å². The third-order valence-electron chi connectivity index (χ3n) is 4.43. The second kappa shape index (κ2) is 6.94. The summed E-state index contributed by atoms with van der Waals surface area (Å²) in [6.07, 6.45) is 2.28. The largest absolute Gasteiger partial charge is 0.341 e. The van der Waals surface area contributed by atoms with Crippen molar-refractivity contribution in [3.05, 3.63) is 47.4 Å². The van der Waals surface area contributed by atoms with Crippen LogP contribution in [0.15, 0.2) is 28.8 Å². The lowest BCUT2D eigenvalue weighted by Gasteiger charge is -2.35. The molecular formula is C19H24FN3O2. The minimum atomic E-state index is -0.390. The molecule has 1 aromatic heterocycles. The number of amides is 1. The molecule has 0 radical (unpaired) electrons. The molecule has 0 saturated carbocycles. The fraction of sp³-hybridized carbons (Fsp3) is 0.526. The molecule has 3 rings (SSSR count). The van der Waals surface area contributed by atoms with Crippen LogP contribution in [0.5, 0.6) is 0 Å². The number of halogens is 1. The van der Waals surface area contributed by atoms with E-state index in [0.717, 1.165) is 24.9 Å². The predicted molar refractivity (Wildman–Crippen MR) is 91.5 cm³/mol. The van der Waals surface area contributed by atoms with Crippen molar-refractivity contribution < 1.29 is 13.7 Å². The summed E-state index contributed by atoms with van der Waals surface area (Å²) in [5, 5.41) is 4.02. The van der Waals surface area contributed by atoms with Crippen molar-refractivity contribution in [3.8, 4) is 0 Å². The topological polar surface area (TPSA) is 59.2 Å². The smallest absolute Gasteiger partial charge is 0.231 e. The Bertz CT molecular complexity index is 751. The molecule has 1 aromatic carbocycles. The van der Waals surface area contributed by atoms with Crippen molar-refractivity contribution in [2.75, 3.05) is 13.1 Å². The molecule has 0 bridgehead atoms. The zero-order chi connectivity index (χ0) is 18.0. The number of rotatable bonds is 3. The first-order chi connectivity index (χ1) is 11.8. The van der Waals surface area contributed by atoms with Gasteiger partial charge in [0.05, 0.1) is 5.92 Å². The summed E-state index contributed by atoms with van der Waals surface area (Å²) in [5.41, 5.74) is 0.416. The molecular weight excluding hydrogens is 321 g/mol. The van der Waals surface area contributed by atoms with Gasteiger partial charge in [0.15, 0.2) is 5.82 Å². The summed E-state index contributed by atoms with van der Waals surface area (Å²) in [7, 11) is 0. The first-order valence-corrected chi connectivity index (χ1v) is 8.69. The maximum Gasteiger partial charge on any atom is 0.231 e. The van der Waals surface area contributed by atoms with Gasteiger partial charge in [0.1, 0.15) is 5.82 Å². The molecule has 2 heterocycles. The van der Waals surface area contributed by atoms with E-state index in [1.54, 1.807) is 6.07 Å². The zero-order valence-electron chi connectivity index (χ0n) is 15.0. The average Bonchev–Trinajstić information content (AvgIpc) is 3.02. The van der Waals surface area contributed by atoms with Gasteiger partial charge in [-0.2, -0.15) is 4.98 Å². The van der Waals surface area contributed by atoms with Gasteiger partial charge in [-0.1, -0.05) is 38.1 Å². The van der Waals surface area contributed by atoms with Crippen LogP contribution in [0.3, 0.4) is 0 Å². The van der Waals surface area contributed by atoms with Crippen LogP contribution in [0.4, 0.5) is 4.39 Å². The number of piperidine rings is 1. The van der Waals surface area contributed by atoms with Gasteiger partial charge in [-0.05, 0) is 30.5 Å². The van der Waals surface area contributed by atoms with E-state index in [1.807, 2.05) is 31.7 Å². The van der Waals surface area contributed by atoms with Crippen molar-refractivity contribution in [3.63, 3.8) is 0 Å². The van der Waals surface area contributed by atoms with E-state index in [1.165, 1.54) is 12.1 Å². The fourth-order valence-electron chi connectivity index (χ4n) is 3.17. The van der Waals surface area contributed by atoms with Crippen molar-refractivity contribution in [2.45, 2.75) is 46.0 Å². The van der Waals surface area contributed by atoms with Gasteiger partial charge < -0.3 is 9.42 Å². The van der Waals surface area contributed by atoms with E-state index in [-0.39, 0.29) is 23.1 Å². The van der Waals surface area contributed by atoms with E-state index < -0.39 is 0 Å². The highest BCUT2D eigenvalue weighted by molar-refractivity contribution is 5.81. The Balaban J connectivity index is 1.68. The van der Waals surface area contributed by atoms with Crippen molar-refractivity contribution in [1.29, 1.82) is 0 Å². The second-order valence-corrected chi connectivity index (χ2v) is 7.70. The number of benzene rings is 1. The highest BCUT2D eigenvalue weighted by Crippen LogP contribution is 2.29. The molecule has 1 saturated heterocycles. The minimum absolute atomic E-state index is 0.0637. The molecule has 0 spiro atoms. The Kier molecular flexibility index (Phi) is 4.88. The van der Waals surface area contributed by atoms with Crippen LogP contribution in [0.1, 0.15) is 56.8 Å². The second-order valence-electron chi connectivity index (χ2n) is 7.70. The van der Waals surface area contributed by atoms with E-state index in [0.29, 0.717) is 24.7 Å². The van der Waals surface area contributed by atoms with Crippen LogP contribution in [-0.2, 0) is 11.2 Å². The molecule has 2 aromatic rings. The van der Waals surface area contributed by atoms with Gasteiger partial charge in [0.2, 0.25) is 11.8 Å². The first kappa shape index (κ1) is 17.6. The van der Waals surface area contributed by atoms with Crippen LogP contribution >= 0.6 is 0 Å². The van der Waals surface area contributed by atoms with Crippen LogP contribution in [0.25, 0.3) is 0 Å². The molecule has 6 heteroatoms. The molecule has 1 amide bonds.